The molecule has 0 radical (unpaired) electrons. The topological polar surface area (TPSA) is 87.2 Å². The molecule has 0 aliphatic heterocycles. The van der Waals surface area contributed by atoms with Crippen LogP contribution in [0.25, 0.3) is 0 Å². The lowest BCUT2D eigenvalue weighted by Gasteiger charge is -2.21. The van der Waals surface area contributed by atoms with E-state index in [-0.39, 0.29) is 12.4 Å². The van der Waals surface area contributed by atoms with E-state index in [9.17, 15) is 8.42 Å². The zero-order chi connectivity index (χ0) is 12.3. The largest absolute Gasteiger partial charge is 0.386 e. The molecule has 0 aromatic heterocycles. The van der Waals surface area contributed by atoms with Gasteiger partial charge in [0.15, 0.2) is 0 Å². The van der Waals surface area contributed by atoms with Crippen molar-refractivity contribution >= 4 is 21.5 Å². The Morgan fingerprint density at radius 3 is 2.25 bits per heavy atom. The molecule has 88 valence electrons. The third-order valence-corrected chi connectivity index (χ3v) is 3.18. The first-order valence-corrected chi connectivity index (χ1v) is 6.53. The molecule has 1 aromatic rings. The highest BCUT2D eigenvalue weighted by atomic mass is 32.2. The summed E-state index contributed by atoms with van der Waals surface area (Å²) in [5.74, 6) is -0.189. The Morgan fingerprint density at radius 1 is 1.38 bits per heavy atom. The smallest absolute Gasteiger partial charge is 0.232 e. The number of aryl methyl sites for hydroxylation is 1. The summed E-state index contributed by atoms with van der Waals surface area (Å²) in [6, 6.07) is 7.01. The summed E-state index contributed by atoms with van der Waals surface area (Å²) < 4.78 is 24.2. The van der Waals surface area contributed by atoms with Gasteiger partial charge < -0.3 is 5.73 Å². The van der Waals surface area contributed by atoms with Gasteiger partial charge in [-0.1, -0.05) is 17.7 Å². The van der Waals surface area contributed by atoms with E-state index in [1.54, 1.807) is 12.1 Å². The van der Waals surface area contributed by atoms with Crippen molar-refractivity contribution in [1.29, 1.82) is 5.41 Å². The molecule has 0 unspecified atom stereocenters. The van der Waals surface area contributed by atoms with Crippen molar-refractivity contribution in [2.24, 2.45) is 5.73 Å². The normalized spacial score (nSPS) is 11.1. The van der Waals surface area contributed by atoms with Crippen molar-refractivity contribution in [3.8, 4) is 0 Å². The number of hydrogen-bond acceptors (Lipinski definition) is 3. The second kappa shape index (κ2) is 4.52. The van der Waals surface area contributed by atoms with E-state index in [4.69, 9.17) is 11.1 Å². The average Bonchev–Trinajstić information content (AvgIpc) is 2.14. The summed E-state index contributed by atoms with van der Waals surface area (Å²) >= 11 is 0. The Bertz CT molecular complexity index is 479. The van der Waals surface area contributed by atoms with Gasteiger partial charge >= 0.3 is 0 Å². The molecule has 0 atom stereocenters. The van der Waals surface area contributed by atoms with Crippen molar-refractivity contribution in [2.45, 2.75) is 6.92 Å². The summed E-state index contributed by atoms with van der Waals surface area (Å²) in [6.07, 6.45) is 1.09. The van der Waals surface area contributed by atoms with E-state index in [1.807, 2.05) is 19.1 Å². The van der Waals surface area contributed by atoms with Crippen LogP contribution >= 0.6 is 0 Å². The fourth-order valence-corrected chi connectivity index (χ4v) is 2.14. The highest BCUT2D eigenvalue weighted by Crippen LogP contribution is 2.17. The number of amidine groups is 1. The second-order valence-electron chi connectivity index (χ2n) is 3.63. The van der Waals surface area contributed by atoms with E-state index in [0.717, 1.165) is 16.1 Å². The maximum Gasteiger partial charge on any atom is 0.232 e. The number of rotatable bonds is 4. The number of benzene rings is 1. The van der Waals surface area contributed by atoms with Gasteiger partial charge in [0.05, 0.1) is 18.5 Å². The molecule has 5 nitrogen and oxygen atoms in total. The number of anilines is 1. The van der Waals surface area contributed by atoms with Gasteiger partial charge in [-0.3, -0.25) is 9.71 Å². The fourth-order valence-electron chi connectivity index (χ4n) is 1.27. The first-order valence-electron chi connectivity index (χ1n) is 4.68. The highest BCUT2D eigenvalue weighted by molar-refractivity contribution is 7.92. The maximum absolute atomic E-state index is 11.5. The summed E-state index contributed by atoms with van der Waals surface area (Å²) in [5.41, 5.74) is 6.79. The van der Waals surface area contributed by atoms with E-state index in [1.165, 1.54) is 0 Å². The number of sulfonamides is 1. The summed E-state index contributed by atoms with van der Waals surface area (Å²) in [5, 5.41) is 7.17. The molecule has 0 aliphatic rings. The summed E-state index contributed by atoms with van der Waals surface area (Å²) in [4.78, 5) is 0. The molecule has 0 heterocycles. The molecule has 1 rings (SSSR count). The predicted molar refractivity (Wildman–Crippen MR) is 65.3 cm³/mol. The van der Waals surface area contributed by atoms with E-state index >= 15 is 0 Å². The second-order valence-corrected chi connectivity index (χ2v) is 5.54. The zero-order valence-corrected chi connectivity index (χ0v) is 10.1. The van der Waals surface area contributed by atoms with Crippen molar-refractivity contribution in [3.63, 3.8) is 0 Å². The van der Waals surface area contributed by atoms with Crippen LogP contribution in [0, 0.1) is 12.3 Å². The van der Waals surface area contributed by atoms with Gasteiger partial charge in [0.25, 0.3) is 0 Å². The minimum Gasteiger partial charge on any atom is -0.386 e. The first-order chi connectivity index (χ1) is 7.30. The molecule has 0 aliphatic carbocycles. The first kappa shape index (κ1) is 12.5. The van der Waals surface area contributed by atoms with Gasteiger partial charge in [0.1, 0.15) is 5.84 Å². The van der Waals surface area contributed by atoms with Crippen LogP contribution in [0.5, 0.6) is 0 Å². The molecule has 0 fully saturated rings. The van der Waals surface area contributed by atoms with Crippen LogP contribution in [-0.2, 0) is 10.0 Å². The Labute approximate surface area is 95.4 Å². The maximum atomic E-state index is 11.5. The standard InChI is InChI=1S/C10H15N3O2S/c1-8-3-5-9(6-4-8)13(7-10(11)12)16(2,14)15/h3-6H,7H2,1-2H3,(H3,11,12). The molecule has 1 aromatic carbocycles. The molecule has 3 N–H and O–H groups in total. The van der Waals surface area contributed by atoms with Crippen LogP contribution in [0.1, 0.15) is 5.56 Å². The molecular weight excluding hydrogens is 226 g/mol. The molecule has 6 heteroatoms. The Morgan fingerprint density at radius 2 is 1.88 bits per heavy atom. The van der Waals surface area contributed by atoms with Gasteiger partial charge in [0.2, 0.25) is 10.0 Å². The molecule has 0 saturated carbocycles. The van der Waals surface area contributed by atoms with Crippen LogP contribution in [0.2, 0.25) is 0 Å². The lowest BCUT2D eigenvalue weighted by atomic mass is 10.2. The molecule has 0 saturated heterocycles. The monoisotopic (exact) mass is 241 g/mol. The summed E-state index contributed by atoms with van der Waals surface area (Å²) in [6.45, 7) is 1.79. The quantitative estimate of drug-likeness (QED) is 0.600. The SMILES string of the molecule is Cc1ccc(N(CC(=N)N)S(C)(=O)=O)cc1. The van der Waals surface area contributed by atoms with Crippen LogP contribution in [0.3, 0.4) is 0 Å². The van der Waals surface area contributed by atoms with E-state index in [2.05, 4.69) is 0 Å². The number of nitrogens with one attached hydrogen (secondary N) is 1. The van der Waals surface area contributed by atoms with Crippen LogP contribution in [-0.4, -0.2) is 27.1 Å². The van der Waals surface area contributed by atoms with Crippen LogP contribution in [0.4, 0.5) is 5.69 Å². The Balaban J connectivity index is 3.11. The lowest BCUT2D eigenvalue weighted by molar-refractivity contribution is 0.599. The third kappa shape index (κ3) is 3.23. The van der Waals surface area contributed by atoms with Gasteiger partial charge in [-0.2, -0.15) is 0 Å². The minimum atomic E-state index is -3.41. The van der Waals surface area contributed by atoms with Crippen LogP contribution in [0.15, 0.2) is 24.3 Å². The molecule has 0 amide bonds. The molecular formula is C10H15N3O2S. The highest BCUT2D eigenvalue weighted by Gasteiger charge is 2.17. The Hall–Kier alpha value is -1.56. The van der Waals surface area contributed by atoms with Gasteiger partial charge in [-0.15, -0.1) is 0 Å². The third-order valence-electron chi connectivity index (χ3n) is 2.04. The van der Waals surface area contributed by atoms with Crippen molar-refractivity contribution in [2.75, 3.05) is 17.1 Å². The van der Waals surface area contributed by atoms with Crippen molar-refractivity contribution in [3.05, 3.63) is 29.8 Å². The van der Waals surface area contributed by atoms with Crippen molar-refractivity contribution < 1.29 is 8.42 Å². The van der Waals surface area contributed by atoms with Gasteiger partial charge in [0, 0.05) is 0 Å². The van der Waals surface area contributed by atoms with Crippen LogP contribution < -0.4 is 10.0 Å². The molecule has 16 heavy (non-hydrogen) atoms. The van der Waals surface area contributed by atoms with E-state index < -0.39 is 10.0 Å². The number of hydrogen-bond donors (Lipinski definition) is 2. The number of nitrogens with zero attached hydrogens (tertiary/aromatic N) is 1. The predicted octanol–water partition coefficient (Wildman–Crippen LogP) is 0.697. The number of nitrogens with two attached hydrogens (primary N) is 1. The zero-order valence-electron chi connectivity index (χ0n) is 9.27. The molecule has 0 bridgehead atoms. The molecule has 0 spiro atoms. The average molecular weight is 241 g/mol. The Kier molecular flexibility index (Phi) is 3.54. The fraction of sp³-hybridized carbons (Fsp3) is 0.300. The minimum absolute atomic E-state index is 0.123. The van der Waals surface area contributed by atoms with Gasteiger partial charge in [-0.05, 0) is 19.1 Å². The summed E-state index contributed by atoms with van der Waals surface area (Å²) in [7, 11) is -3.41. The van der Waals surface area contributed by atoms with Crippen molar-refractivity contribution in [1.82, 2.24) is 0 Å². The van der Waals surface area contributed by atoms with Gasteiger partial charge in [-0.25, -0.2) is 8.42 Å². The van der Waals surface area contributed by atoms with E-state index in [0.29, 0.717) is 5.69 Å². The lowest BCUT2D eigenvalue weighted by Crippen LogP contribution is -2.37.